The molecule has 0 aliphatic rings. The minimum atomic E-state index is -1.33. The molecule has 0 heterocycles. The van der Waals surface area contributed by atoms with E-state index in [0.29, 0.717) is 12.8 Å². The van der Waals surface area contributed by atoms with E-state index < -0.39 is 30.0 Å². The third kappa shape index (κ3) is 14.5. The van der Waals surface area contributed by atoms with Gasteiger partial charge in [0, 0.05) is 12.8 Å². The van der Waals surface area contributed by atoms with E-state index in [0.717, 1.165) is 55.7 Å². The van der Waals surface area contributed by atoms with Gasteiger partial charge in [-0.3, -0.25) is 28.2 Å². The maximum atomic E-state index is 12.1. The molecule has 0 saturated heterocycles. The molecule has 0 bridgehead atoms. The lowest BCUT2D eigenvalue weighted by atomic mass is 10.1. The highest BCUT2D eigenvalue weighted by atomic mass is 32.1. The number of hydrogen-bond donors (Lipinski definition) is 3. The van der Waals surface area contributed by atoms with Gasteiger partial charge in [0.2, 0.25) is 0 Å². The Morgan fingerprint density at radius 2 is 1.23 bits per heavy atom. The average molecular weight is 465 g/mol. The van der Waals surface area contributed by atoms with Gasteiger partial charge in [-0.2, -0.15) is 0 Å². The quantitative estimate of drug-likeness (QED) is 0.106. The van der Waals surface area contributed by atoms with Crippen LogP contribution < -0.4 is 4.72 Å². The Bertz CT molecular complexity index is 505. The fourth-order valence-electron chi connectivity index (χ4n) is 2.64. The Morgan fingerprint density at radius 3 is 1.63 bits per heavy atom. The molecule has 10 heteroatoms. The summed E-state index contributed by atoms with van der Waals surface area (Å²) < 4.78 is 13.1. The molecule has 0 saturated carbocycles. The molecule has 30 heavy (non-hydrogen) atoms. The first kappa shape index (κ1) is 28.6. The zero-order chi connectivity index (χ0) is 22.8. The summed E-state index contributed by atoms with van der Waals surface area (Å²) in [5, 5.41) is 0. The van der Waals surface area contributed by atoms with Crippen molar-refractivity contribution in [3.05, 3.63) is 0 Å². The molecule has 0 aliphatic heterocycles. The molecule has 0 radical (unpaired) electrons. The van der Waals surface area contributed by atoms with Crippen LogP contribution in [-0.4, -0.2) is 40.9 Å². The monoisotopic (exact) mass is 464 g/mol. The van der Waals surface area contributed by atoms with Crippen LogP contribution in [0.25, 0.3) is 0 Å². The Kier molecular flexibility index (Phi) is 17.5. The van der Waals surface area contributed by atoms with Crippen molar-refractivity contribution < 1.29 is 28.7 Å². The largest absolute Gasteiger partial charge is 0.423 e. The van der Waals surface area contributed by atoms with Crippen LogP contribution in [0.2, 0.25) is 0 Å². The lowest BCUT2D eigenvalue weighted by Gasteiger charge is -2.22. The van der Waals surface area contributed by atoms with Gasteiger partial charge in [-0.1, -0.05) is 90.8 Å². The van der Waals surface area contributed by atoms with E-state index in [1.165, 1.54) is 0 Å². The van der Waals surface area contributed by atoms with Crippen molar-refractivity contribution in [2.24, 2.45) is 0 Å². The molecule has 0 aromatic rings. The zero-order valence-electron chi connectivity index (χ0n) is 18.1. The van der Waals surface area contributed by atoms with Crippen LogP contribution in [-0.2, 0) is 28.7 Å². The highest BCUT2D eigenvalue weighted by Gasteiger charge is 2.26. The second kappa shape index (κ2) is 18.4. The van der Waals surface area contributed by atoms with Crippen molar-refractivity contribution in [2.45, 2.75) is 97.2 Å². The number of nitrogens with zero attached hydrogens (tertiary/aromatic N) is 1. The number of nitrogens with one attached hydrogen (secondary N) is 1. The van der Waals surface area contributed by atoms with Crippen molar-refractivity contribution in [3.8, 4) is 0 Å². The highest BCUT2D eigenvalue weighted by Crippen LogP contribution is 2.11. The first-order chi connectivity index (χ1) is 14.3. The van der Waals surface area contributed by atoms with Crippen LogP contribution in [0.3, 0.4) is 0 Å². The average Bonchev–Trinajstić information content (AvgIpc) is 2.72. The molecule has 0 rings (SSSR count). The van der Waals surface area contributed by atoms with Gasteiger partial charge >= 0.3 is 23.8 Å². The maximum Gasteiger partial charge on any atom is 0.322 e. The van der Waals surface area contributed by atoms with Crippen molar-refractivity contribution in [1.29, 1.82) is 0 Å². The van der Waals surface area contributed by atoms with Gasteiger partial charge < -0.3 is 9.47 Å². The SMILES string of the molecule is CCCCCCCC(=O)OC(CN(S)C(=O)C(=O)NS)OC(=O)CCCCCCC. The molecule has 0 atom stereocenters. The van der Waals surface area contributed by atoms with Crippen LogP contribution in [0.15, 0.2) is 0 Å². The van der Waals surface area contributed by atoms with Gasteiger partial charge in [-0.05, 0) is 12.8 Å². The maximum absolute atomic E-state index is 12.1. The van der Waals surface area contributed by atoms with Crippen LogP contribution >= 0.6 is 25.6 Å². The summed E-state index contributed by atoms with van der Waals surface area (Å²) in [4.78, 5) is 47.4. The van der Waals surface area contributed by atoms with E-state index in [2.05, 4.69) is 39.5 Å². The number of thiol groups is 2. The van der Waals surface area contributed by atoms with Gasteiger partial charge in [-0.15, -0.1) is 0 Å². The summed E-state index contributed by atoms with van der Waals surface area (Å²) >= 11 is 7.45. The summed E-state index contributed by atoms with van der Waals surface area (Å²) in [7, 11) is 0. The summed E-state index contributed by atoms with van der Waals surface area (Å²) in [5.74, 6) is -3.07. The molecule has 0 unspecified atom stereocenters. The number of hydrogen-bond acceptors (Lipinski definition) is 8. The fraction of sp³-hybridized carbons (Fsp3) is 0.800. The van der Waals surface area contributed by atoms with Crippen molar-refractivity contribution in [3.63, 3.8) is 0 Å². The van der Waals surface area contributed by atoms with Gasteiger partial charge in [0.1, 0.15) is 6.54 Å². The van der Waals surface area contributed by atoms with Gasteiger partial charge in [-0.25, -0.2) is 0 Å². The van der Waals surface area contributed by atoms with Gasteiger partial charge in [0.15, 0.2) is 0 Å². The van der Waals surface area contributed by atoms with E-state index in [4.69, 9.17) is 9.47 Å². The van der Waals surface area contributed by atoms with Gasteiger partial charge in [0.05, 0.1) is 0 Å². The third-order valence-electron chi connectivity index (χ3n) is 4.35. The Balaban J connectivity index is 4.67. The number of rotatable bonds is 16. The molecule has 174 valence electrons. The first-order valence-electron chi connectivity index (χ1n) is 10.7. The number of esters is 2. The van der Waals surface area contributed by atoms with E-state index in [1.807, 2.05) is 4.72 Å². The zero-order valence-corrected chi connectivity index (χ0v) is 19.8. The van der Waals surface area contributed by atoms with Gasteiger partial charge in [0.25, 0.3) is 6.29 Å². The summed E-state index contributed by atoms with van der Waals surface area (Å²) in [5.41, 5.74) is 0. The predicted octanol–water partition coefficient (Wildman–Crippen LogP) is 3.75. The van der Waals surface area contributed by atoms with Crippen molar-refractivity contribution >= 4 is 49.4 Å². The van der Waals surface area contributed by atoms with E-state index in [9.17, 15) is 19.2 Å². The molecule has 0 fully saturated rings. The van der Waals surface area contributed by atoms with E-state index in [1.54, 1.807) is 0 Å². The second-order valence-electron chi connectivity index (χ2n) is 7.07. The number of amides is 2. The number of carbonyl (C=O) groups is 4. The fourth-order valence-corrected chi connectivity index (χ4v) is 2.96. The topological polar surface area (TPSA) is 102 Å². The molecule has 0 aromatic heterocycles. The predicted molar refractivity (Wildman–Crippen MR) is 121 cm³/mol. The Labute approximate surface area is 190 Å². The standard InChI is InChI=1S/C20H36N2O6S2/c1-3-5-7-9-11-13-16(23)27-18(15-22(30)20(26)19(25)21-29)28-17(24)14-12-10-8-6-4-2/h18,29-30H,3-15H2,1-2H3,(H,21,25). The molecule has 2 amide bonds. The van der Waals surface area contributed by atoms with Crippen LogP contribution in [0.1, 0.15) is 90.9 Å². The summed E-state index contributed by atoms with van der Waals surface area (Å²) in [6.07, 6.45) is 8.70. The highest BCUT2D eigenvalue weighted by molar-refractivity contribution is 7.79. The van der Waals surface area contributed by atoms with Crippen molar-refractivity contribution in [1.82, 2.24) is 9.03 Å². The first-order valence-corrected chi connectivity index (χ1v) is 11.5. The van der Waals surface area contributed by atoms with Crippen LogP contribution in [0.4, 0.5) is 0 Å². The van der Waals surface area contributed by atoms with E-state index >= 15 is 0 Å². The van der Waals surface area contributed by atoms with E-state index in [-0.39, 0.29) is 19.4 Å². The molecule has 0 spiro atoms. The van der Waals surface area contributed by atoms with Crippen molar-refractivity contribution in [2.75, 3.05) is 6.54 Å². The lowest BCUT2D eigenvalue weighted by molar-refractivity contribution is -0.189. The number of unbranched alkanes of at least 4 members (excludes halogenated alkanes) is 8. The minimum Gasteiger partial charge on any atom is -0.423 e. The Hall–Kier alpha value is -1.42. The van der Waals surface area contributed by atoms with Crippen LogP contribution in [0.5, 0.6) is 0 Å². The molecule has 0 aliphatic carbocycles. The normalized spacial score (nSPS) is 10.6. The summed E-state index contributed by atoms with van der Waals surface area (Å²) in [6.45, 7) is 3.84. The number of ether oxygens (including phenoxy) is 2. The van der Waals surface area contributed by atoms with Crippen LogP contribution in [0, 0.1) is 0 Å². The number of carbonyl (C=O) groups excluding carboxylic acids is 4. The molecule has 1 N–H and O–H groups in total. The smallest absolute Gasteiger partial charge is 0.322 e. The second-order valence-corrected chi connectivity index (χ2v) is 7.77. The minimum absolute atomic E-state index is 0.187. The molecule has 0 aromatic carbocycles. The summed E-state index contributed by atoms with van der Waals surface area (Å²) in [6, 6.07) is 0. The molecule has 8 nitrogen and oxygen atoms in total. The molecular weight excluding hydrogens is 428 g/mol. The molecular formula is C20H36N2O6S2. The third-order valence-corrected chi connectivity index (χ3v) is 4.89. The Morgan fingerprint density at radius 1 is 0.800 bits per heavy atom. The lowest BCUT2D eigenvalue weighted by Crippen LogP contribution is -2.41.